The van der Waals surface area contributed by atoms with Crippen molar-refractivity contribution in [2.75, 3.05) is 13.7 Å². The number of hydrogen-bond acceptors (Lipinski definition) is 4. The van der Waals surface area contributed by atoms with Crippen molar-refractivity contribution in [2.24, 2.45) is 0 Å². The molecule has 6 nitrogen and oxygen atoms in total. The molecule has 0 saturated heterocycles. The van der Waals surface area contributed by atoms with Gasteiger partial charge in [0.15, 0.2) is 12.7 Å². The third-order valence-corrected chi connectivity index (χ3v) is 5.17. The molecule has 0 aliphatic carbocycles. The van der Waals surface area contributed by atoms with E-state index in [1.807, 2.05) is 42.5 Å². The lowest BCUT2D eigenvalue weighted by molar-refractivity contribution is -0.148. The van der Waals surface area contributed by atoms with E-state index in [1.165, 1.54) is 7.11 Å². The van der Waals surface area contributed by atoms with Crippen molar-refractivity contribution in [3.05, 3.63) is 101 Å². The lowest BCUT2D eigenvalue weighted by atomic mass is 9.99. The van der Waals surface area contributed by atoms with Gasteiger partial charge >= 0.3 is 5.97 Å². The summed E-state index contributed by atoms with van der Waals surface area (Å²) in [6.45, 7) is -0.161. The molecule has 32 heavy (non-hydrogen) atoms. The first kappa shape index (κ1) is 23.3. The van der Waals surface area contributed by atoms with Gasteiger partial charge in [0.25, 0.3) is 5.91 Å². The summed E-state index contributed by atoms with van der Waals surface area (Å²) < 4.78 is 10.6. The number of methoxy groups -OCH3 is 1. The Hall–Kier alpha value is -3.35. The molecule has 3 aromatic carbocycles. The Morgan fingerprint density at radius 1 is 0.938 bits per heavy atom. The molecule has 1 amide bonds. The Bertz CT molecular complexity index is 1020. The zero-order valence-electron chi connectivity index (χ0n) is 17.5. The quantitative estimate of drug-likeness (QED) is 0.479. The number of rotatable bonds is 10. The number of carbonyl (C=O) groups excluding carboxylic acids is 1. The summed E-state index contributed by atoms with van der Waals surface area (Å²) in [4.78, 5) is 23.7. The molecule has 2 unspecified atom stereocenters. The fourth-order valence-corrected chi connectivity index (χ4v) is 3.34. The Kier molecular flexibility index (Phi) is 8.25. The fourth-order valence-electron chi connectivity index (χ4n) is 3.22. The third kappa shape index (κ3) is 6.57. The Balaban J connectivity index is 1.62. The molecule has 0 aliphatic rings. The zero-order chi connectivity index (χ0) is 22.9. The average molecular weight is 454 g/mol. The summed E-state index contributed by atoms with van der Waals surface area (Å²) in [6.07, 6.45) is -0.665. The van der Waals surface area contributed by atoms with Crippen LogP contribution in [0.2, 0.25) is 5.02 Å². The van der Waals surface area contributed by atoms with Crippen LogP contribution in [0.3, 0.4) is 0 Å². The predicted octanol–water partition coefficient (Wildman–Crippen LogP) is 4.27. The molecule has 7 heteroatoms. The largest absolute Gasteiger partial charge is 0.484 e. The number of carboxylic acids is 1. The van der Waals surface area contributed by atoms with Crippen molar-refractivity contribution in [3.8, 4) is 5.75 Å². The monoisotopic (exact) mass is 453 g/mol. The van der Waals surface area contributed by atoms with Crippen molar-refractivity contribution >= 4 is 23.5 Å². The maximum atomic E-state index is 12.6. The van der Waals surface area contributed by atoms with Gasteiger partial charge in [-0.05, 0) is 41.0 Å². The van der Waals surface area contributed by atoms with Gasteiger partial charge in [0.05, 0.1) is 6.04 Å². The summed E-state index contributed by atoms with van der Waals surface area (Å²) in [7, 11) is 1.36. The molecule has 0 saturated carbocycles. The molecular formula is C25H24ClNO5. The molecule has 0 heterocycles. The molecule has 0 fully saturated rings. The first-order chi connectivity index (χ1) is 15.5. The van der Waals surface area contributed by atoms with Gasteiger partial charge in [0, 0.05) is 18.6 Å². The van der Waals surface area contributed by atoms with E-state index in [0.29, 0.717) is 10.8 Å². The maximum absolute atomic E-state index is 12.6. The van der Waals surface area contributed by atoms with Gasteiger partial charge in [0.2, 0.25) is 0 Å². The Morgan fingerprint density at radius 3 is 2.16 bits per heavy atom. The lowest BCUT2D eigenvalue weighted by Gasteiger charge is -2.20. The molecule has 2 atom stereocenters. The molecule has 166 valence electrons. The number of hydrogen-bond donors (Lipinski definition) is 2. The molecule has 0 radical (unpaired) electrons. The van der Waals surface area contributed by atoms with E-state index in [1.54, 1.807) is 36.4 Å². The smallest absolute Gasteiger partial charge is 0.333 e. The van der Waals surface area contributed by atoms with E-state index in [2.05, 4.69) is 5.32 Å². The Morgan fingerprint density at radius 2 is 1.56 bits per heavy atom. The first-order valence-corrected chi connectivity index (χ1v) is 10.4. The molecule has 0 aromatic heterocycles. The van der Waals surface area contributed by atoms with Crippen LogP contribution in [-0.4, -0.2) is 36.8 Å². The number of carboxylic acid groups (broad SMARTS) is 1. The van der Waals surface area contributed by atoms with Gasteiger partial charge in [-0.3, -0.25) is 4.79 Å². The Labute approximate surface area is 191 Å². The van der Waals surface area contributed by atoms with E-state index in [-0.39, 0.29) is 25.0 Å². The second-order valence-electron chi connectivity index (χ2n) is 7.16. The number of carbonyl (C=O) groups is 2. The first-order valence-electron chi connectivity index (χ1n) is 10.0. The summed E-state index contributed by atoms with van der Waals surface area (Å²) in [6, 6.07) is 23.5. The second-order valence-corrected chi connectivity index (χ2v) is 7.60. The van der Waals surface area contributed by atoms with E-state index >= 15 is 0 Å². The highest BCUT2D eigenvalue weighted by Crippen LogP contribution is 2.23. The molecule has 0 spiro atoms. The van der Waals surface area contributed by atoms with Crippen LogP contribution in [0.1, 0.15) is 22.7 Å². The van der Waals surface area contributed by atoms with Crippen LogP contribution < -0.4 is 10.1 Å². The van der Waals surface area contributed by atoms with Crippen LogP contribution in [0.25, 0.3) is 0 Å². The minimum absolute atomic E-state index is 0.161. The minimum atomic E-state index is -1.02. The number of halogens is 1. The van der Waals surface area contributed by atoms with Gasteiger partial charge < -0.3 is 19.9 Å². The number of ether oxygens (including phenoxy) is 2. The van der Waals surface area contributed by atoms with Crippen LogP contribution in [0.5, 0.6) is 5.75 Å². The van der Waals surface area contributed by atoms with Crippen molar-refractivity contribution in [1.82, 2.24) is 5.32 Å². The highest BCUT2D eigenvalue weighted by atomic mass is 35.5. The van der Waals surface area contributed by atoms with Crippen molar-refractivity contribution in [3.63, 3.8) is 0 Å². The molecule has 2 N–H and O–H groups in total. The SMILES string of the molecule is COC(Cc1ccc(OCC(=O)NC(c2ccccc2)c2ccc(Cl)cc2)cc1)C(=O)O. The number of benzene rings is 3. The summed E-state index contributed by atoms with van der Waals surface area (Å²) in [5, 5.41) is 12.7. The normalized spacial score (nSPS) is 12.6. The summed E-state index contributed by atoms with van der Waals surface area (Å²) in [5.74, 6) is -0.780. The van der Waals surface area contributed by atoms with Crippen LogP contribution in [0, 0.1) is 0 Å². The zero-order valence-corrected chi connectivity index (χ0v) is 18.3. The van der Waals surface area contributed by atoms with Crippen LogP contribution in [0.15, 0.2) is 78.9 Å². The molecule has 3 aromatic rings. The molecule has 0 aliphatic heterocycles. The molecular weight excluding hydrogens is 430 g/mol. The van der Waals surface area contributed by atoms with Gasteiger partial charge in [-0.15, -0.1) is 0 Å². The van der Waals surface area contributed by atoms with Crippen molar-refractivity contribution < 1.29 is 24.2 Å². The van der Waals surface area contributed by atoms with Gasteiger partial charge in [-0.1, -0.05) is 66.2 Å². The topological polar surface area (TPSA) is 84.9 Å². The predicted molar refractivity (Wildman–Crippen MR) is 122 cm³/mol. The standard InChI is InChI=1S/C25H24ClNO5/c1-31-22(25(29)30)15-17-7-13-21(14-8-17)32-16-23(28)27-24(18-5-3-2-4-6-18)19-9-11-20(26)12-10-19/h2-14,22,24H,15-16H2,1H3,(H,27,28)(H,29,30). The van der Waals surface area contributed by atoms with Crippen LogP contribution >= 0.6 is 11.6 Å². The highest BCUT2D eigenvalue weighted by Gasteiger charge is 2.18. The minimum Gasteiger partial charge on any atom is -0.484 e. The molecule has 3 rings (SSSR count). The third-order valence-electron chi connectivity index (χ3n) is 4.92. The van der Waals surface area contributed by atoms with E-state index in [9.17, 15) is 9.59 Å². The second kappa shape index (κ2) is 11.3. The average Bonchev–Trinajstić information content (AvgIpc) is 2.81. The summed E-state index contributed by atoms with van der Waals surface area (Å²) >= 11 is 6.00. The van der Waals surface area contributed by atoms with E-state index in [0.717, 1.165) is 16.7 Å². The van der Waals surface area contributed by atoms with Gasteiger partial charge in [-0.2, -0.15) is 0 Å². The van der Waals surface area contributed by atoms with Crippen LogP contribution in [-0.2, 0) is 20.7 Å². The van der Waals surface area contributed by atoms with Gasteiger partial charge in [-0.25, -0.2) is 4.79 Å². The number of amides is 1. The van der Waals surface area contributed by atoms with Crippen LogP contribution in [0.4, 0.5) is 0 Å². The number of aliphatic carboxylic acids is 1. The van der Waals surface area contributed by atoms with E-state index < -0.39 is 12.1 Å². The summed E-state index contributed by atoms with van der Waals surface area (Å²) in [5.41, 5.74) is 2.64. The van der Waals surface area contributed by atoms with E-state index in [4.69, 9.17) is 26.2 Å². The maximum Gasteiger partial charge on any atom is 0.333 e. The van der Waals surface area contributed by atoms with Crippen molar-refractivity contribution in [2.45, 2.75) is 18.6 Å². The number of nitrogens with one attached hydrogen (secondary N) is 1. The fraction of sp³-hybridized carbons (Fsp3) is 0.200. The van der Waals surface area contributed by atoms with Crippen molar-refractivity contribution in [1.29, 1.82) is 0 Å². The highest BCUT2D eigenvalue weighted by molar-refractivity contribution is 6.30. The molecule has 0 bridgehead atoms. The lowest BCUT2D eigenvalue weighted by Crippen LogP contribution is -2.33. The van der Waals surface area contributed by atoms with Gasteiger partial charge in [0.1, 0.15) is 5.75 Å².